The molecule has 0 N–H and O–H groups in total. The summed E-state index contributed by atoms with van der Waals surface area (Å²) < 4.78 is 18.9. The van der Waals surface area contributed by atoms with Crippen LogP contribution in [0.5, 0.6) is 0 Å². The van der Waals surface area contributed by atoms with E-state index in [0.29, 0.717) is 13.2 Å². The second kappa shape index (κ2) is 5.96. The van der Waals surface area contributed by atoms with Crippen LogP contribution >= 0.6 is 0 Å². The maximum absolute atomic E-state index is 13.5. The molecule has 2 rings (SSSR count). The average molecular weight is 282 g/mol. The Hall–Kier alpha value is -2.02. The smallest absolute Gasteiger partial charge is 0.304 e. The lowest BCUT2D eigenvalue weighted by atomic mass is 10.1. The molecule has 1 saturated heterocycles. The number of carbonyl (C=O) groups is 1. The summed E-state index contributed by atoms with van der Waals surface area (Å²) >= 11 is 0. The summed E-state index contributed by atoms with van der Waals surface area (Å²) in [5, 5.41) is 10.5. The van der Waals surface area contributed by atoms with Crippen LogP contribution in [0.15, 0.2) is 18.2 Å². The first-order chi connectivity index (χ1) is 9.49. The van der Waals surface area contributed by atoms with Crippen LogP contribution in [0.4, 0.5) is 10.1 Å². The molecule has 1 aromatic rings. The molecule has 0 aliphatic carbocycles. The molecule has 1 aliphatic heterocycles. The highest BCUT2D eigenvalue weighted by atomic mass is 19.1. The number of hydrogen-bond donors (Lipinski definition) is 0. The molecule has 0 radical (unpaired) electrons. The van der Waals surface area contributed by atoms with Crippen LogP contribution in [0, 0.1) is 15.9 Å². The molecule has 0 aromatic heterocycles. The summed E-state index contributed by atoms with van der Waals surface area (Å²) in [6.45, 7) is 1.12. The van der Waals surface area contributed by atoms with Gasteiger partial charge >= 0.3 is 5.69 Å². The van der Waals surface area contributed by atoms with Gasteiger partial charge in [-0.1, -0.05) is 0 Å². The number of benzene rings is 1. The Balaban J connectivity index is 2.08. The number of ether oxygens (including phenoxy) is 1. The number of halogens is 1. The SMILES string of the molecule is CN(CC1CCCO1)C(=O)c1ccc([N+](=O)[O-])c(F)c1. The fraction of sp³-hybridized carbons (Fsp3) is 0.462. The number of carbonyl (C=O) groups excluding carboxylic acids is 1. The van der Waals surface area contributed by atoms with Crippen molar-refractivity contribution in [1.82, 2.24) is 4.90 Å². The first kappa shape index (κ1) is 14.4. The quantitative estimate of drug-likeness (QED) is 0.625. The maximum atomic E-state index is 13.5. The van der Waals surface area contributed by atoms with E-state index in [1.165, 1.54) is 11.0 Å². The molecule has 1 heterocycles. The van der Waals surface area contributed by atoms with E-state index in [1.54, 1.807) is 7.05 Å². The Morgan fingerprint density at radius 3 is 2.90 bits per heavy atom. The summed E-state index contributed by atoms with van der Waals surface area (Å²) in [4.78, 5) is 23.2. The van der Waals surface area contributed by atoms with E-state index in [2.05, 4.69) is 0 Å². The van der Waals surface area contributed by atoms with Crippen molar-refractivity contribution in [3.63, 3.8) is 0 Å². The molecule has 0 spiro atoms. The van der Waals surface area contributed by atoms with Crippen molar-refractivity contribution < 1.29 is 18.8 Å². The molecule has 1 atom stereocenters. The third kappa shape index (κ3) is 3.11. The summed E-state index contributed by atoms with van der Waals surface area (Å²) in [5.74, 6) is -1.39. The van der Waals surface area contributed by atoms with Gasteiger partial charge in [-0.3, -0.25) is 14.9 Å². The van der Waals surface area contributed by atoms with Gasteiger partial charge in [0.1, 0.15) is 0 Å². The lowest BCUT2D eigenvalue weighted by Crippen LogP contribution is -2.34. The Bertz CT molecular complexity index is 529. The van der Waals surface area contributed by atoms with E-state index in [-0.39, 0.29) is 17.6 Å². The van der Waals surface area contributed by atoms with E-state index < -0.39 is 16.4 Å². The number of amides is 1. The van der Waals surface area contributed by atoms with Crippen LogP contribution in [0.1, 0.15) is 23.2 Å². The van der Waals surface area contributed by atoms with E-state index in [1.807, 2.05) is 0 Å². The van der Waals surface area contributed by atoms with Crippen LogP contribution in [-0.4, -0.2) is 42.0 Å². The average Bonchev–Trinajstić information content (AvgIpc) is 2.90. The van der Waals surface area contributed by atoms with Crippen LogP contribution in [0.3, 0.4) is 0 Å². The minimum Gasteiger partial charge on any atom is -0.376 e. The molecule has 1 fully saturated rings. The van der Waals surface area contributed by atoms with Crippen molar-refractivity contribution in [2.24, 2.45) is 0 Å². The van der Waals surface area contributed by atoms with E-state index in [0.717, 1.165) is 25.0 Å². The van der Waals surface area contributed by atoms with Gasteiger partial charge in [0, 0.05) is 31.8 Å². The van der Waals surface area contributed by atoms with Crippen molar-refractivity contribution in [3.8, 4) is 0 Å². The van der Waals surface area contributed by atoms with Crippen LogP contribution in [0.25, 0.3) is 0 Å². The molecule has 0 saturated carbocycles. The third-order valence-corrected chi connectivity index (χ3v) is 3.24. The minimum absolute atomic E-state index is 0.00634. The summed E-state index contributed by atoms with van der Waals surface area (Å²) in [5.41, 5.74) is -0.545. The van der Waals surface area contributed by atoms with Gasteiger partial charge in [-0.15, -0.1) is 0 Å². The number of nitro benzene ring substituents is 1. The highest BCUT2D eigenvalue weighted by Gasteiger charge is 2.22. The van der Waals surface area contributed by atoms with Gasteiger partial charge in [-0.2, -0.15) is 4.39 Å². The first-order valence-corrected chi connectivity index (χ1v) is 6.30. The fourth-order valence-electron chi connectivity index (χ4n) is 2.19. The number of nitrogens with zero attached hydrogens (tertiary/aromatic N) is 2. The summed E-state index contributed by atoms with van der Waals surface area (Å²) in [6.07, 6.45) is 1.87. The fourth-order valence-corrected chi connectivity index (χ4v) is 2.19. The lowest BCUT2D eigenvalue weighted by Gasteiger charge is -2.20. The lowest BCUT2D eigenvalue weighted by molar-refractivity contribution is -0.387. The van der Waals surface area contributed by atoms with Gasteiger partial charge in [0.25, 0.3) is 5.91 Å². The zero-order chi connectivity index (χ0) is 14.7. The van der Waals surface area contributed by atoms with Gasteiger partial charge < -0.3 is 9.64 Å². The second-order valence-corrected chi connectivity index (χ2v) is 4.74. The second-order valence-electron chi connectivity index (χ2n) is 4.74. The van der Waals surface area contributed by atoms with Gasteiger partial charge in [0.2, 0.25) is 5.82 Å². The number of rotatable bonds is 4. The molecule has 1 unspecified atom stereocenters. The highest BCUT2D eigenvalue weighted by Crippen LogP contribution is 2.19. The molecule has 0 bridgehead atoms. The van der Waals surface area contributed by atoms with Crippen molar-refractivity contribution in [2.75, 3.05) is 20.2 Å². The minimum atomic E-state index is -1.01. The Kier molecular flexibility index (Phi) is 4.29. The largest absolute Gasteiger partial charge is 0.376 e. The van der Waals surface area contributed by atoms with Gasteiger partial charge in [-0.25, -0.2) is 0 Å². The summed E-state index contributed by atoms with van der Waals surface area (Å²) in [6, 6.07) is 3.16. The molecule has 1 aromatic carbocycles. The van der Waals surface area contributed by atoms with Crippen molar-refractivity contribution in [1.29, 1.82) is 0 Å². The Labute approximate surface area is 115 Å². The topological polar surface area (TPSA) is 72.7 Å². The van der Waals surface area contributed by atoms with Crippen LogP contribution in [0.2, 0.25) is 0 Å². The maximum Gasteiger partial charge on any atom is 0.304 e. The Morgan fingerprint density at radius 1 is 1.60 bits per heavy atom. The van der Waals surface area contributed by atoms with Crippen molar-refractivity contribution >= 4 is 11.6 Å². The number of likely N-dealkylation sites (N-methyl/N-ethyl adjacent to an activating group) is 1. The van der Waals surface area contributed by atoms with E-state index >= 15 is 0 Å². The van der Waals surface area contributed by atoms with Gasteiger partial charge in [0.05, 0.1) is 11.0 Å². The number of nitro groups is 1. The molecule has 6 nitrogen and oxygen atoms in total. The predicted octanol–water partition coefficient (Wildman–Crippen LogP) is 1.98. The molecule has 1 amide bonds. The van der Waals surface area contributed by atoms with Crippen molar-refractivity contribution in [3.05, 3.63) is 39.7 Å². The molecule has 7 heteroatoms. The van der Waals surface area contributed by atoms with Crippen molar-refractivity contribution in [2.45, 2.75) is 18.9 Å². The zero-order valence-corrected chi connectivity index (χ0v) is 11.0. The predicted molar refractivity (Wildman–Crippen MR) is 69.0 cm³/mol. The summed E-state index contributed by atoms with van der Waals surface area (Å²) in [7, 11) is 1.60. The van der Waals surface area contributed by atoms with E-state index in [4.69, 9.17) is 4.74 Å². The molecular weight excluding hydrogens is 267 g/mol. The van der Waals surface area contributed by atoms with Crippen LogP contribution < -0.4 is 0 Å². The first-order valence-electron chi connectivity index (χ1n) is 6.30. The van der Waals surface area contributed by atoms with Gasteiger partial charge in [-0.05, 0) is 25.0 Å². The molecule has 108 valence electrons. The molecule has 1 aliphatic rings. The van der Waals surface area contributed by atoms with E-state index in [9.17, 15) is 19.3 Å². The molecular formula is C13H15FN2O4. The van der Waals surface area contributed by atoms with Crippen LogP contribution in [-0.2, 0) is 4.74 Å². The third-order valence-electron chi connectivity index (χ3n) is 3.24. The Morgan fingerprint density at radius 2 is 2.35 bits per heavy atom. The standard InChI is InChI=1S/C13H15FN2O4/c1-15(8-10-3-2-6-20-10)13(17)9-4-5-12(16(18)19)11(14)7-9/h4-5,7,10H,2-3,6,8H2,1H3. The van der Waals surface area contributed by atoms with Gasteiger partial charge in [0.15, 0.2) is 0 Å². The number of hydrogen-bond acceptors (Lipinski definition) is 4. The molecule has 20 heavy (non-hydrogen) atoms. The zero-order valence-electron chi connectivity index (χ0n) is 11.0. The monoisotopic (exact) mass is 282 g/mol. The normalized spacial score (nSPS) is 18.0. The highest BCUT2D eigenvalue weighted by molar-refractivity contribution is 5.94.